The van der Waals surface area contributed by atoms with Crippen molar-refractivity contribution in [3.63, 3.8) is 0 Å². The molecule has 4 nitrogen and oxygen atoms in total. The van der Waals surface area contributed by atoms with Crippen molar-refractivity contribution in [2.75, 3.05) is 25.5 Å². The number of nitrogens with zero attached hydrogens (tertiary/aromatic N) is 1. The van der Waals surface area contributed by atoms with Crippen molar-refractivity contribution in [2.24, 2.45) is 17.3 Å². The van der Waals surface area contributed by atoms with Gasteiger partial charge in [0, 0.05) is 29.1 Å². The molecular weight excluding hydrogens is 312 g/mol. The minimum absolute atomic E-state index is 0.0187. The van der Waals surface area contributed by atoms with Crippen LogP contribution in [0.15, 0.2) is 36.4 Å². The van der Waals surface area contributed by atoms with Crippen molar-refractivity contribution in [3.8, 4) is 0 Å². The van der Waals surface area contributed by atoms with Gasteiger partial charge in [-0.05, 0) is 36.9 Å². The van der Waals surface area contributed by atoms with Crippen LogP contribution in [0.2, 0.25) is 0 Å². The van der Waals surface area contributed by atoms with E-state index in [9.17, 15) is 4.79 Å². The SMILES string of the molecule is COC(=O)[C@@H]1C[C@]23C=CCN4CCC5(c6ccccc6N[C@@]15[C@H]2C)[C@@H]43. The number of para-hydroxylation sites is 1. The molecule has 6 rings (SSSR count). The number of hydrogen-bond acceptors (Lipinski definition) is 4. The van der Waals surface area contributed by atoms with E-state index in [0.29, 0.717) is 12.0 Å². The van der Waals surface area contributed by atoms with E-state index in [4.69, 9.17) is 4.74 Å². The number of carbonyl (C=O) groups excluding carboxylic acids is 1. The van der Waals surface area contributed by atoms with Crippen molar-refractivity contribution in [3.05, 3.63) is 42.0 Å². The number of carbonyl (C=O) groups is 1. The van der Waals surface area contributed by atoms with Gasteiger partial charge in [0.2, 0.25) is 0 Å². The maximum Gasteiger partial charge on any atom is 0.311 e. The third-order valence-corrected chi connectivity index (χ3v) is 8.47. The van der Waals surface area contributed by atoms with Crippen LogP contribution >= 0.6 is 0 Å². The van der Waals surface area contributed by atoms with Crippen LogP contribution in [-0.2, 0) is 14.9 Å². The first-order valence-corrected chi connectivity index (χ1v) is 9.49. The van der Waals surface area contributed by atoms with E-state index in [1.807, 2.05) is 0 Å². The quantitative estimate of drug-likeness (QED) is 0.632. The number of nitrogens with one attached hydrogen (secondary N) is 1. The summed E-state index contributed by atoms with van der Waals surface area (Å²) < 4.78 is 5.30. The lowest BCUT2D eigenvalue weighted by Crippen LogP contribution is -2.63. The molecular formula is C21H24N2O2. The number of methoxy groups -OCH3 is 1. The Morgan fingerprint density at radius 3 is 3.04 bits per heavy atom. The molecule has 1 unspecified atom stereocenters. The van der Waals surface area contributed by atoms with Crippen molar-refractivity contribution < 1.29 is 9.53 Å². The first kappa shape index (κ1) is 14.4. The highest BCUT2D eigenvalue weighted by atomic mass is 16.5. The van der Waals surface area contributed by atoms with Crippen LogP contribution in [0.5, 0.6) is 0 Å². The van der Waals surface area contributed by atoms with E-state index < -0.39 is 0 Å². The van der Waals surface area contributed by atoms with Crippen LogP contribution in [-0.4, -0.2) is 42.6 Å². The Kier molecular flexibility index (Phi) is 2.37. The molecule has 0 aromatic heterocycles. The summed E-state index contributed by atoms with van der Waals surface area (Å²) in [5, 5.41) is 3.92. The van der Waals surface area contributed by atoms with Gasteiger partial charge in [-0.15, -0.1) is 0 Å². The molecule has 6 atom stereocenters. The van der Waals surface area contributed by atoms with Gasteiger partial charge < -0.3 is 10.1 Å². The van der Waals surface area contributed by atoms with Gasteiger partial charge in [0.25, 0.3) is 0 Å². The van der Waals surface area contributed by atoms with Crippen LogP contribution in [0.4, 0.5) is 5.69 Å². The second kappa shape index (κ2) is 4.12. The fraction of sp³-hybridized carbons (Fsp3) is 0.571. The van der Waals surface area contributed by atoms with Gasteiger partial charge in [-0.25, -0.2) is 0 Å². The van der Waals surface area contributed by atoms with Crippen molar-refractivity contribution in [1.82, 2.24) is 4.90 Å². The molecule has 4 heteroatoms. The summed E-state index contributed by atoms with van der Waals surface area (Å²) in [6, 6.07) is 9.25. The minimum Gasteiger partial charge on any atom is -0.469 e. The minimum atomic E-state index is -0.224. The van der Waals surface area contributed by atoms with E-state index in [2.05, 4.69) is 53.6 Å². The Morgan fingerprint density at radius 2 is 2.20 bits per heavy atom. The lowest BCUT2D eigenvalue weighted by atomic mass is 9.57. The molecule has 3 aliphatic heterocycles. The Labute approximate surface area is 148 Å². The molecule has 1 aromatic rings. The average Bonchev–Trinajstić information content (AvgIpc) is 3.29. The number of anilines is 1. The zero-order chi connectivity index (χ0) is 17.0. The third kappa shape index (κ3) is 1.19. The molecule has 3 heterocycles. The number of hydrogen-bond donors (Lipinski definition) is 1. The monoisotopic (exact) mass is 336 g/mol. The fourth-order valence-corrected chi connectivity index (χ4v) is 7.93. The molecule has 3 fully saturated rings. The predicted octanol–water partition coefficient (Wildman–Crippen LogP) is 2.56. The largest absolute Gasteiger partial charge is 0.469 e. The summed E-state index contributed by atoms with van der Waals surface area (Å²) in [7, 11) is 1.54. The lowest BCUT2D eigenvalue weighted by Gasteiger charge is -2.50. The molecule has 1 saturated heterocycles. The van der Waals surface area contributed by atoms with Crippen molar-refractivity contribution in [1.29, 1.82) is 0 Å². The summed E-state index contributed by atoms with van der Waals surface area (Å²) in [6.07, 6.45) is 6.83. The summed E-state index contributed by atoms with van der Waals surface area (Å²) in [5.74, 6) is 0.277. The van der Waals surface area contributed by atoms with E-state index in [1.54, 1.807) is 0 Å². The lowest BCUT2D eigenvalue weighted by molar-refractivity contribution is -0.149. The third-order valence-electron chi connectivity index (χ3n) is 8.47. The predicted molar refractivity (Wildman–Crippen MR) is 95.3 cm³/mol. The van der Waals surface area contributed by atoms with Crippen LogP contribution in [0, 0.1) is 17.3 Å². The van der Waals surface area contributed by atoms with Gasteiger partial charge in [0.1, 0.15) is 0 Å². The molecule has 25 heavy (non-hydrogen) atoms. The van der Waals surface area contributed by atoms with E-state index in [0.717, 1.165) is 25.9 Å². The number of ether oxygens (including phenoxy) is 1. The fourth-order valence-electron chi connectivity index (χ4n) is 7.93. The average molecular weight is 336 g/mol. The zero-order valence-electron chi connectivity index (χ0n) is 14.8. The molecule has 2 aliphatic carbocycles. The Bertz CT molecular complexity index is 835. The highest BCUT2D eigenvalue weighted by Gasteiger charge is 2.85. The number of benzene rings is 1. The molecule has 0 amide bonds. The first-order chi connectivity index (χ1) is 12.1. The number of esters is 1. The van der Waals surface area contributed by atoms with Gasteiger partial charge >= 0.3 is 5.97 Å². The Hall–Kier alpha value is -1.81. The summed E-state index contributed by atoms with van der Waals surface area (Å²) in [6.45, 7) is 4.53. The molecule has 130 valence electrons. The van der Waals surface area contributed by atoms with Gasteiger partial charge in [0.15, 0.2) is 0 Å². The molecule has 3 spiro atoms. The first-order valence-electron chi connectivity index (χ1n) is 9.49. The molecule has 5 aliphatic rings. The Morgan fingerprint density at radius 1 is 1.36 bits per heavy atom. The second-order valence-electron chi connectivity index (χ2n) is 8.67. The van der Waals surface area contributed by atoms with E-state index >= 15 is 0 Å². The molecule has 0 radical (unpaired) electrons. The normalized spacial score (nSPS) is 48.0. The number of rotatable bonds is 1. The molecule has 1 N–H and O–H groups in total. The summed E-state index contributed by atoms with van der Waals surface area (Å²) >= 11 is 0. The van der Waals surface area contributed by atoms with E-state index in [1.165, 1.54) is 18.4 Å². The van der Waals surface area contributed by atoms with Gasteiger partial charge in [0.05, 0.1) is 18.6 Å². The van der Waals surface area contributed by atoms with E-state index in [-0.39, 0.29) is 28.3 Å². The molecule has 1 aromatic carbocycles. The van der Waals surface area contributed by atoms with Gasteiger partial charge in [-0.1, -0.05) is 37.3 Å². The standard InChI is InChI=1S/C21H24N2O2/c1-13-19-8-5-10-23-11-9-20(18(19)23)14-6-3-4-7-16(14)22-21(13,20)15(12-19)17(24)25-2/h3-8,13,15,18,22H,9-12H2,1-2H3/t13-,15-,18-,19+,20?,21-/m0/s1. The van der Waals surface area contributed by atoms with Crippen LogP contribution < -0.4 is 5.32 Å². The van der Waals surface area contributed by atoms with Crippen LogP contribution in [0.25, 0.3) is 0 Å². The Balaban J connectivity index is 1.69. The highest BCUT2D eigenvalue weighted by Crippen LogP contribution is 2.78. The zero-order valence-corrected chi connectivity index (χ0v) is 14.8. The summed E-state index contributed by atoms with van der Waals surface area (Å²) in [4.78, 5) is 15.6. The maximum atomic E-state index is 12.9. The maximum absolute atomic E-state index is 12.9. The second-order valence-corrected chi connectivity index (χ2v) is 8.67. The summed E-state index contributed by atoms with van der Waals surface area (Å²) in [5.41, 5.74) is 2.53. The highest BCUT2D eigenvalue weighted by molar-refractivity contribution is 5.82. The van der Waals surface area contributed by atoms with Crippen molar-refractivity contribution in [2.45, 2.75) is 36.8 Å². The number of fused-ring (bicyclic) bond motifs is 1. The van der Waals surface area contributed by atoms with Gasteiger partial charge in [-0.3, -0.25) is 9.69 Å². The molecule has 2 saturated carbocycles. The van der Waals surface area contributed by atoms with Gasteiger partial charge in [-0.2, -0.15) is 0 Å². The molecule has 2 bridgehead atoms. The van der Waals surface area contributed by atoms with Crippen molar-refractivity contribution >= 4 is 11.7 Å². The smallest absolute Gasteiger partial charge is 0.311 e. The van der Waals surface area contributed by atoms with Crippen LogP contribution in [0.1, 0.15) is 25.3 Å². The van der Waals surface area contributed by atoms with Crippen LogP contribution in [0.3, 0.4) is 0 Å². The topological polar surface area (TPSA) is 41.6 Å².